The van der Waals surface area contributed by atoms with Crippen molar-refractivity contribution in [1.29, 1.82) is 0 Å². The molecule has 3 aromatic rings. The molecule has 0 aliphatic heterocycles. The molecule has 0 saturated heterocycles. The Morgan fingerprint density at radius 1 is 1.12 bits per heavy atom. The summed E-state index contributed by atoms with van der Waals surface area (Å²) in [5, 5.41) is 3.54. The van der Waals surface area contributed by atoms with Gasteiger partial charge in [0.25, 0.3) is 5.91 Å². The van der Waals surface area contributed by atoms with E-state index in [0.717, 1.165) is 15.6 Å². The smallest absolute Gasteiger partial charge is 0.349 e. The largest absolute Gasteiger partial charge is 0.451 e. The fraction of sp³-hybridized carbons (Fsp3) is 0.111. The zero-order valence-corrected chi connectivity index (χ0v) is 13.7. The summed E-state index contributed by atoms with van der Waals surface area (Å²) in [6.45, 7) is 1.46. The number of aryl methyl sites for hydroxylation is 1. The van der Waals surface area contributed by atoms with E-state index in [-0.39, 0.29) is 5.82 Å². The van der Waals surface area contributed by atoms with Crippen LogP contribution in [0.15, 0.2) is 48.5 Å². The number of hydrogen-bond donors (Lipinski definition) is 1. The summed E-state index contributed by atoms with van der Waals surface area (Å²) in [6, 6.07) is 13.0. The van der Waals surface area contributed by atoms with Crippen LogP contribution < -0.4 is 5.32 Å². The highest BCUT2D eigenvalue weighted by Crippen LogP contribution is 2.30. The van der Waals surface area contributed by atoms with Crippen LogP contribution in [0.5, 0.6) is 0 Å². The van der Waals surface area contributed by atoms with Crippen LogP contribution in [-0.2, 0) is 9.53 Å². The van der Waals surface area contributed by atoms with Crippen molar-refractivity contribution in [3.63, 3.8) is 0 Å². The van der Waals surface area contributed by atoms with Crippen LogP contribution in [-0.4, -0.2) is 18.5 Å². The minimum atomic E-state index is -0.525. The van der Waals surface area contributed by atoms with E-state index in [4.69, 9.17) is 4.74 Å². The Morgan fingerprint density at radius 2 is 1.83 bits per heavy atom. The lowest BCUT2D eigenvalue weighted by Gasteiger charge is -2.06. The van der Waals surface area contributed by atoms with Crippen molar-refractivity contribution in [3.05, 3.63) is 64.8 Å². The van der Waals surface area contributed by atoms with Crippen LogP contribution in [0.4, 0.5) is 10.1 Å². The minimum absolute atomic E-state index is 0.389. The molecular weight excluding hydrogens is 329 g/mol. The Morgan fingerprint density at radius 3 is 2.54 bits per heavy atom. The molecule has 0 atom stereocenters. The van der Waals surface area contributed by atoms with Gasteiger partial charge in [-0.25, -0.2) is 9.18 Å². The van der Waals surface area contributed by atoms with E-state index in [9.17, 15) is 14.0 Å². The first-order valence-electron chi connectivity index (χ1n) is 7.25. The van der Waals surface area contributed by atoms with E-state index < -0.39 is 18.5 Å². The lowest BCUT2D eigenvalue weighted by molar-refractivity contribution is -0.119. The zero-order valence-electron chi connectivity index (χ0n) is 12.8. The summed E-state index contributed by atoms with van der Waals surface area (Å²) >= 11 is 1.34. The van der Waals surface area contributed by atoms with Gasteiger partial charge in [-0.3, -0.25) is 4.79 Å². The van der Waals surface area contributed by atoms with Crippen molar-refractivity contribution >= 4 is 39.0 Å². The Balaban J connectivity index is 1.63. The number of rotatable bonds is 4. The van der Waals surface area contributed by atoms with Gasteiger partial charge in [0, 0.05) is 10.4 Å². The number of esters is 1. The van der Waals surface area contributed by atoms with Crippen molar-refractivity contribution in [2.75, 3.05) is 11.9 Å². The molecule has 0 spiro atoms. The van der Waals surface area contributed by atoms with Gasteiger partial charge in [0.2, 0.25) is 0 Å². The first-order valence-corrected chi connectivity index (χ1v) is 8.07. The lowest BCUT2D eigenvalue weighted by Crippen LogP contribution is -2.20. The molecule has 1 N–H and O–H groups in total. The molecule has 2 aromatic carbocycles. The minimum Gasteiger partial charge on any atom is -0.451 e. The van der Waals surface area contributed by atoms with Crippen LogP contribution in [0.3, 0.4) is 0 Å². The summed E-state index contributed by atoms with van der Waals surface area (Å²) in [5.41, 5.74) is 1.29. The number of benzene rings is 2. The fourth-order valence-corrected chi connectivity index (χ4v) is 3.40. The van der Waals surface area contributed by atoms with E-state index in [1.165, 1.54) is 35.6 Å². The number of halogens is 1. The van der Waals surface area contributed by atoms with Gasteiger partial charge in [0.05, 0.1) is 0 Å². The van der Waals surface area contributed by atoms with Gasteiger partial charge in [-0.15, -0.1) is 11.3 Å². The van der Waals surface area contributed by atoms with Crippen LogP contribution in [0, 0.1) is 12.7 Å². The van der Waals surface area contributed by atoms with E-state index in [2.05, 4.69) is 5.32 Å². The SMILES string of the molecule is Cc1c(C(=O)OCC(=O)Nc2ccc(F)cc2)sc2ccccc12. The highest BCUT2D eigenvalue weighted by Gasteiger charge is 2.17. The second-order valence-corrected chi connectivity index (χ2v) is 6.24. The van der Waals surface area contributed by atoms with E-state index in [0.29, 0.717) is 10.6 Å². The van der Waals surface area contributed by atoms with E-state index >= 15 is 0 Å². The molecule has 24 heavy (non-hydrogen) atoms. The molecule has 0 bridgehead atoms. The van der Waals surface area contributed by atoms with Crippen molar-refractivity contribution in [3.8, 4) is 0 Å². The van der Waals surface area contributed by atoms with Crippen molar-refractivity contribution < 1.29 is 18.7 Å². The number of fused-ring (bicyclic) bond motifs is 1. The molecule has 122 valence electrons. The molecule has 0 aliphatic carbocycles. The van der Waals surface area contributed by atoms with Gasteiger partial charge in [-0.05, 0) is 48.2 Å². The van der Waals surface area contributed by atoms with Crippen LogP contribution >= 0.6 is 11.3 Å². The van der Waals surface area contributed by atoms with Gasteiger partial charge >= 0.3 is 5.97 Å². The fourth-order valence-electron chi connectivity index (χ4n) is 2.30. The molecule has 0 aliphatic rings. The maximum atomic E-state index is 12.8. The summed E-state index contributed by atoms with van der Waals surface area (Å²) in [4.78, 5) is 24.5. The van der Waals surface area contributed by atoms with Crippen LogP contribution in [0.1, 0.15) is 15.2 Å². The highest BCUT2D eigenvalue weighted by atomic mass is 32.1. The van der Waals surface area contributed by atoms with Gasteiger partial charge in [0.1, 0.15) is 10.7 Å². The average molecular weight is 343 g/mol. The molecule has 0 saturated carbocycles. The van der Waals surface area contributed by atoms with Crippen LogP contribution in [0.2, 0.25) is 0 Å². The maximum absolute atomic E-state index is 12.8. The highest BCUT2D eigenvalue weighted by molar-refractivity contribution is 7.21. The number of ether oxygens (including phenoxy) is 1. The molecule has 1 aromatic heterocycles. The molecule has 1 amide bonds. The Kier molecular flexibility index (Phi) is 4.57. The first kappa shape index (κ1) is 16.1. The topological polar surface area (TPSA) is 55.4 Å². The number of amides is 1. The molecule has 1 heterocycles. The number of carbonyl (C=O) groups is 2. The number of carbonyl (C=O) groups excluding carboxylic acids is 2. The first-order chi connectivity index (χ1) is 11.5. The molecule has 0 fully saturated rings. The van der Waals surface area contributed by atoms with Gasteiger partial charge in [-0.2, -0.15) is 0 Å². The molecule has 3 rings (SSSR count). The molecule has 0 unspecified atom stereocenters. The van der Waals surface area contributed by atoms with Crippen molar-refractivity contribution in [2.45, 2.75) is 6.92 Å². The number of thiophene rings is 1. The third-order valence-corrected chi connectivity index (χ3v) is 4.74. The average Bonchev–Trinajstić information content (AvgIpc) is 2.92. The zero-order chi connectivity index (χ0) is 17.1. The van der Waals surface area contributed by atoms with Crippen LogP contribution in [0.25, 0.3) is 10.1 Å². The predicted octanol–water partition coefficient (Wildman–Crippen LogP) is 4.14. The van der Waals surface area contributed by atoms with Gasteiger partial charge in [-0.1, -0.05) is 18.2 Å². The summed E-state index contributed by atoms with van der Waals surface area (Å²) in [6.07, 6.45) is 0. The van der Waals surface area contributed by atoms with Gasteiger partial charge in [0.15, 0.2) is 6.61 Å². The van der Waals surface area contributed by atoms with E-state index in [1.54, 1.807) is 0 Å². The quantitative estimate of drug-likeness (QED) is 0.724. The molecular formula is C18H14FNO3S. The maximum Gasteiger partial charge on any atom is 0.349 e. The summed E-state index contributed by atoms with van der Waals surface area (Å²) in [5.74, 6) is -1.39. The molecule has 4 nitrogen and oxygen atoms in total. The number of hydrogen-bond acceptors (Lipinski definition) is 4. The number of nitrogens with one attached hydrogen (secondary N) is 1. The van der Waals surface area contributed by atoms with Crippen molar-refractivity contribution in [1.82, 2.24) is 0 Å². The third-order valence-electron chi connectivity index (χ3n) is 3.49. The second kappa shape index (κ2) is 6.80. The second-order valence-electron chi connectivity index (χ2n) is 5.18. The molecule has 6 heteroatoms. The Hall–Kier alpha value is -2.73. The van der Waals surface area contributed by atoms with E-state index in [1.807, 2.05) is 31.2 Å². The van der Waals surface area contributed by atoms with Gasteiger partial charge < -0.3 is 10.1 Å². The lowest BCUT2D eigenvalue weighted by atomic mass is 10.1. The normalized spacial score (nSPS) is 10.6. The summed E-state index contributed by atoms with van der Waals surface area (Å²) in [7, 11) is 0. The van der Waals surface area contributed by atoms with Crippen molar-refractivity contribution in [2.24, 2.45) is 0 Å². The standard InChI is InChI=1S/C18H14FNO3S/c1-11-14-4-2-3-5-15(14)24-17(11)18(22)23-10-16(21)20-13-8-6-12(19)7-9-13/h2-9H,10H2,1H3,(H,20,21). The monoisotopic (exact) mass is 343 g/mol. The Bertz CT molecular complexity index is 902. The summed E-state index contributed by atoms with van der Waals surface area (Å²) < 4.78 is 18.9. The number of anilines is 1. The molecule has 0 radical (unpaired) electrons. The predicted molar refractivity (Wildman–Crippen MR) is 91.9 cm³/mol. The Labute approximate surface area is 141 Å². The third kappa shape index (κ3) is 3.44.